The van der Waals surface area contributed by atoms with E-state index in [1.807, 2.05) is 42.6 Å². The number of hydrogen-bond donors (Lipinski definition) is 1. The number of benzene rings is 2. The van der Waals surface area contributed by atoms with Gasteiger partial charge in [-0.15, -0.1) is 0 Å². The van der Waals surface area contributed by atoms with E-state index in [0.29, 0.717) is 19.4 Å². The lowest BCUT2D eigenvalue weighted by Crippen LogP contribution is -2.39. The van der Waals surface area contributed by atoms with Crippen LogP contribution >= 0.6 is 0 Å². The van der Waals surface area contributed by atoms with E-state index >= 15 is 0 Å². The number of pyridine rings is 1. The van der Waals surface area contributed by atoms with E-state index in [2.05, 4.69) is 40.2 Å². The van der Waals surface area contributed by atoms with Crippen LogP contribution in [0.2, 0.25) is 0 Å². The summed E-state index contributed by atoms with van der Waals surface area (Å²) in [4.78, 5) is 18.0. The molecule has 1 aliphatic rings. The number of carboxylic acids is 1. The van der Waals surface area contributed by atoms with E-state index in [4.69, 9.17) is 4.74 Å². The van der Waals surface area contributed by atoms with Crippen molar-refractivity contribution in [2.75, 3.05) is 13.1 Å². The molecule has 1 aliphatic heterocycles. The molecule has 5 heteroatoms. The summed E-state index contributed by atoms with van der Waals surface area (Å²) in [6.07, 6.45) is 4.99. The van der Waals surface area contributed by atoms with Crippen molar-refractivity contribution in [3.05, 3.63) is 95.8 Å². The van der Waals surface area contributed by atoms with Gasteiger partial charge in [-0.05, 0) is 60.8 Å². The highest BCUT2D eigenvalue weighted by Crippen LogP contribution is 2.33. The fraction of sp³-hybridized carbons (Fsp3) is 0.280. The molecule has 5 nitrogen and oxygen atoms in total. The van der Waals surface area contributed by atoms with E-state index in [1.165, 1.54) is 0 Å². The third-order valence-electron chi connectivity index (χ3n) is 5.67. The SMILES string of the molecule is O=C(O)C1CCN(C(c2cccnc2)c2cccc(OCc3ccccc3)c2)CC1. The Bertz CT molecular complexity index is 954. The third-order valence-corrected chi connectivity index (χ3v) is 5.67. The fourth-order valence-electron chi connectivity index (χ4n) is 4.07. The summed E-state index contributed by atoms with van der Waals surface area (Å²) in [6, 6.07) is 22.4. The molecule has 1 saturated heterocycles. The van der Waals surface area contributed by atoms with Crippen molar-refractivity contribution < 1.29 is 14.6 Å². The number of likely N-dealkylation sites (tertiary alicyclic amines) is 1. The molecule has 30 heavy (non-hydrogen) atoms. The summed E-state index contributed by atoms with van der Waals surface area (Å²) in [5, 5.41) is 9.34. The van der Waals surface area contributed by atoms with E-state index in [9.17, 15) is 9.90 Å². The van der Waals surface area contributed by atoms with Crippen LogP contribution in [-0.2, 0) is 11.4 Å². The Morgan fingerprint density at radius 1 is 1.03 bits per heavy atom. The number of ether oxygens (including phenoxy) is 1. The standard InChI is InChI=1S/C25H26N2O3/c28-25(29)20-11-14-27(15-12-20)24(22-9-5-13-26-17-22)21-8-4-10-23(16-21)30-18-19-6-2-1-3-7-19/h1-10,13,16-17,20,24H,11-12,14-15,18H2,(H,28,29). The minimum Gasteiger partial charge on any atom is -0.489 e. The maximum atomic E-state index is 11.4. The summed E-state index contributed by atoms with van der Waals surface area (Å²) in [5.41, 5.74) is 3.36. The quantitative estimate of drug-likeness (QED) is 0.628. The normalized spacial score (nSPS) is 16.1. The van der Waals surface area contributed by atoms with E-state index < -0.39 is 5.97 Å². The van der Waals surface area contributed by atoms with Crippen LogP contribution in [0, 0.1) is 5.92 Å². The number of aliphatic carboxylic acids is 1. The maximum absolute atomic E-state index is 11.4. The Labute approximate surface area is 177 Å². The largest absolute Gasteiger partial charge is 0.489 e. The summed E-state index contributed by atoms with van der Waals surface area (Å²) in [7, 11) is 0. The molecule has 0 spiro atoms. The predicted molar refractivity (Wildman–Crippen MR) is 115 cm³/mol. The van der Waals surface area contributed by atoms with Crippen LogP contribution in [0.25, 0.3) is 0 Å². The van der Waals surface area contributed by atoms with Gasteiger partial charge < -0.3 is 9.84 Å². The zero-order valence-electron chi connectivity index (χ0n) is 16.9. The van der Waals surface area contributed by atoms with Gasteiger partial charge in [0.15, 0.2) is 0 Å². The van der Waals surface area contributed by atoms with Crippen LogP contribution in [0.1, 0.15) is 35.6 Å². The topological polar surface area (TPSA) is 62.7 Å². The van der Waals surface area contributed by atoms with Crippen LogP contribution in [0.5, 0.6) is 5.75 Å². The van der Waals surface area contributed by atoms with Crippen molar-refractivity contribution in [1.82, 2.24) is 9.88 Å². The van der Waals surface area contributed by atoms with Gasteiger partial charge in [0.1, 0.15) is 12.4 Å². The van der Waals surface area contributed by atoms with Gasteiger partial charge in [0.2, 0.25) is 0 Å². The number of rotatable bonds is 7. The Balaban J connectivity index is 1.56. The molecule has 1 unspecified atom stereocenters. The number of nitrogens with zero attached hydrogens (tertiary/aromatic N) is 2. The molecule has 1 atom stereocenters. The molecule has 1 fully saturated rings. The van der Waals surface area contributed by atoms with E-state index in [0.717, 1.165) is 35.5 Å². The van der Waals surface area contributed by atoms with Crippen molar-refractivity contribution in [2.24, 2.45) is 5.92 Å². The Kier molecular flexibility index (Phi) is 6.40. The minimum atomic E-state index is -0.691. The number of aromatic nitrogens is 1. The molecule has 4 rings (SSSR count). The van der Waals surface area contributed by atoms with Gasteiger partial charge in [0, 0.05) is 12.4 Å². The van der Waals surface area contributed by atoms with Gasteiger partial charge in [-0.25, -0.2) is 0 Å². The molecule has 154 valence electrons. The Morgan fingerprint density at radius 2 is 1.80 bits per heavy atom. The zero-order chi connectivity index (χ0) is 20.8. The molecule has 2 aromatic carbocycles. The van der Waals surface area contributed by atoms with Crippen LogP contribution in [0.3, 0.4) is 0 Å². The molecular formula is C25H26N2O3. The predicted octanol–water partition coefficient (Wildman–Crippen LogP) is 4.55. The van der Waals surface area contributed by atoms with Gasteiger partial charge in [0.05, 0.1) is 12.0 Å². The second-order valence-electron chi connectivity index (χ2n) is 7.68. The minimum absolute atomic E-state index is 0.0220. The second kappa shape index (κ2) is 9.55. The monoisotopic (exact) mass is 402 g/mol. The first-order valence-electron chi connectivity index (χ1n) is 10.3. The summed E-state index contributed by atoms with van der Waals surface area (Å²) in [6.45, 7) is 2.00. The number of piperidine rings is 1. The van der Waals surface area contributed by atoms with Crippen molar-refractivity contribution >= 4 is 5.97 Å². The lowest BCUT2D eigenvalue weighted by Gasteiger charge is -2.37. The summed E-state index contributed by atoms with van der Waals surface area (Å²) < 4.78 is 6.04. The molecular weight excluding hydrogens is 376 g/mol. The highest BCUT2D eigenvalue weighted by molar-refractivity contribution is 5.70. The molecule has 2 heterocycles. The lowest BCUT2D eigenvalue weighted by atomic mass is 9.92. The maximum Gasteiger partial charge on any atom is 0.306 e. The van der Waals surface area contributed by atoms with Crippen molar-refractivity contribution in [3.63, 3.8) is 0 Å². The van der Waals surface area contributed by atoms with Gasteiger partial charge in [-0.1, -0.05) is 48.5 Å². The molecule has 0 saturated carbocycles. The summed E-state index contributed by atoms with van der Waals surface area (Å²) in [5.74, 6) is -0.120. The zero-order valence-corrected chi connectivity index (χ0v) is 16.9. The number of hydrogen-bond acceptors (Lipinski definition) is 4. The van der Waals surface area contributed by atoms with E-state index in [-0.39, 0.29) is 12.0 Å². The first kappa shape index (κ1) is 20.1. The Hall–Kier alpha value is -3.18. The average molecular weight is 402 g/mol. The molecule has 0 radical (unpaired) electrons. The number of carboxylic acid groups (broad SMARTS) is 1. The molecule has 0 amide bonds. The molecule has 3 aromatic rings. The molecule has 1 N–H and O–H groups in total. The first-order chi connectivity index (χ1) is 14.7. The fourth-order valence-corrected chi connectivity index (χ4v) is 4.07. The van der Waals surface area contributed by atoms with Crippen LogP contribution in [-0.4, -0.2) is 34.0 Å². The van der Waals surface area contributed by atoms with Crippen LogP contribution in [0.15, 0.2) is 79.1 Å². The highest BCUT2D eigenvalue weighted by atomic mass is 16.5. The average Bonchev–Trinajstić information content (AvgIpc) is 2.80. The van der Waals surface area contributed by atoms with Crippen LogP contribution in [0.4, 0.5) is 0 Å². The second-order valence-corrected chi connectivity index (χ2v) is 7.68. The smallest absolute Gasteiger partial charge is 0.306 e. The third kappa shape index (κ3) is 4.86. The van der Waals surface area contributed by atoms with Crippen LogP contribution < -0.4 is 4.74 Å². The van der Waals surface area contributed by atoms with Gasteiger partial charge in [0.25, 0.3) is 0 Å². The van der Waals surface area contributed by atoms with Gasteiger partial charge >= 0.3 is 5.97 Å². The van der Waals surface area contributed by atoms with Crippen molar-refractivity contribution in [2.45, 2.75) is 25.5 Å². The summed E-state index contributed by atoms with van der Waals surface area (Å²) >= 11 is 0. The molecule has 0 aliphatic carbocycles. The van der Waals surface area contributed by atoms with Gasteiger partial charge in [-0.3, -0.25) is 14.7 Å². The van der Waals surface area contributed by atoms with Crippen molar-refractivity contribution in [1.29, 1.82) is 0 Å². The van der Waals surface area contributed by atoms with Crippen molar-refractivity contribution in [3.8, 4) is 5.75 Å². The lowest BCUT2D eigenvalue weighted by molar-refractivity contribution is -0.143. The molecule has 1 aromatic heterocycles. The Morgan fingerprint density at radius 3 is 2.50 bits per heavy atom. The highest BCUT2D eigenvalue weighted by Gasteiger charge is 2.30. The van der Waals surface area contributed by atoms with Gasteiger partial charge in [-0.2, -0.15) is 0 Å². The first-order valence-corrected chi connectivity index (χ1v) is 10.3. The number of carbonyl (C=O) groups is 1. The molecule has 0 bridgehead atoms. The van der Waals surface area contributed by atoms with E-state index in [1.54, 1.807) is 6.20 Å².